The van der Waals surface area contributed by atoms with E-state index in [1.165, 1.54) is 0 Å². The van der Waals surface area contributed by atoms with E-state index in [1.54, 1.807) is 42.7 Å². The van der Waals surface area contributed by atoms with E-state index in [9.17, 15) is 8.42 Å². The highest BCUT2D eigenvalue weighted by Crippen LogP contribution is 2.28. The number of aromatic nitrogens is 3. The first-order chi connectivity index (χ1) is 12.2. The molecule has 1 aliphatic heterocycles. The average Bonchev–Trinajstić information content (AvgIpc) is 3.03. The molecule has 25 heavy (non-hydrogen) atoms. The Morgan fingerprint density at radius 2 is 2.04 bits per heavy atom. The zero-order valence-corrected chi connectivity index (χ0v) is 14.6. The Morgan fingerprint density at radius 3 is 2.80 bits per heavy atom. The van der Waals surface area contributed by atoms with Crippen LogP contribution in [0.3, 0.4) is 0 Å². The Morgan fingerprint density at radius 1 is 1.20 bits per heavy atom. The van der Waals surface area contributed by atoms with Crippen molar-refractivity contribution in [1.82, 2.24) is 20.1 Å². The minimum absolute atomic E-state index is 0.0885. The molecule has 0 aliphatic carbocycles. The van der Waals surface area contributed by atoms with Crippen molar-refractivity contribution >= 4 is 20.7 Å². The number of pyridine rings is 1. The molecule has 7 heteroatoms. The number of nitrogens with one attached hydrogen (secondary N) is 1. The second kappa shape index (κ2) is 6.57. The van der Waals surface area contributed by atoms with Gasteiger partial charge in [-0.2, -0.15) is 5.10 Å². The van der Waals surface area contributed by atoms with E-state index in [2.05, 4.69) is 15.4 Å². The molecule has 1 N–H and O–H groups in total. The Balaban J connectivity index is 1.80. The second-order valence-corrected chi connectivity index (χ2v) is 8.27. The lowest BCUT2D eigenvalue weighted by Crippen LogP contribution is -2.32. The summed E-state index contributed by atoms with van der Waals surface area (Å²) in [6.07, 6.45) is 5.53. The molecule has 4 rings (SSSR count). The third-order valence-corrected chi connectivity index (χ3v) is 6.36. The molecule has 1 fully saturated rings. The van der Waals surface area contributed by atoms with Gasteiger partial charge in [0, 0.05) is 18.9 Å². The number of hydrogen-bond acceptors (Lipinski definition) is 5. The van der Waals surface area contributed by atoms with Crippen LogP contribution in [0.5, 0.6) is 0 Å². The Bertz CT molecular complexity index is 977. The van der Waals surface area contributed by atoms with Gasteiger partial charge in [0.2, 0.25) is 9.84 Å². The summed E-state index contributed by atoms with van der Waals surface area (Å²) < 4.78 is 27.9. The van der Waals surface area contributed by atoms with Gasteiger partial charge >= 0.3 is 0 Å². The quantitative estimate of drug-likeness (QED) is 0.776. The van der Waals surface area contributed by atoms with Crippen LogP contribution in [-0.4, -0.2) is 36.3 Å². The number of rotatable bonds is 4. The lowest BCUT2D eigenvalue weighted by atomic mass is 10.00. The summed E-state index contributed by atoms with van der Waals surface area (Å²) in [7, 11) is -3.67. The topological polar surface area (TPSA) is 76.9 Å². The molecule has 0 amide bonds. The molecule has 0 spiro atoms. The minimum atomic E-state index is -3.67. The van der Waals surface area contributed by atoms with Gasteiger partial charge in [-0.25, -0.2) is 8.42 Å². The minimum Gasteiger partial charge on any atom is -0.316 e. The van der Waals surface area contributed by atoms with Gasteiger partial charge in [0.25, 0.3) is 0 Å². The van der Waals surface area contributed by atoms with Crippen molar-refractivity contribution < 1.29 is 8.42 Å². The first-order valence-corrected chi connectivity index (χ1v) is 9.96. The molecular weight excluding hydrogens is 336 g/mol. The molecular formula is C18H20N4O2S. The third kappa shape index (κ3) is 3.05. The molecule has 3 aromatic rings. The van der Waals surface area contributed by atoms with E-state index in [1.807, 2.05) is 10.7 Å². The normalized spacial score (nSPS) is 18.5. The van der Waals surface area contributed by atoms with Crippen LogP contribution in [0.25, 0.3) is 10.9 Å². The van der Waals surface area contributed by atoms with Crippen LogP contribution in [-0.2, 0) is 16.4 Å². The number of nitrogens with zero attached hydrogens (tertiary/aromatic N) is 3. The summed E-state index contributed by atoms with van der Waals surface area (Å²) in [6, 6.07) is 10.3. The monoisotopic (exact) mass is 356 g/mol. The fraction of sp³-hybridized carbons (Fsp3) is 0.333. The molecule has 3 heterocycles. The third-order valence-electron chi connectivity index (χ3n) is 4.66. The smallest absolute Gasteiger partial charge is 0.226 e. The van der Waals surface area contributed by atoms with Crippen molar-refractivity contribution in [3.05, 3.63) is 48.8 Å². The Kier molecular flexibility index (Phi) is 4.27. The van der Waals surface area contributed by atoms with Crippen LogP contribution in [0.15, 0.2) is 58.7 Å². The van der Waals surface area contributed by atoms with Gasteiger partial charge in [-0.3, -0.25) is 9.67 Å². The Hall–Kier alpha value is -2.25. The molecule has 6 nitrogen and oxygen atoms in total. The highest BCUT2D eigenvalue weighted by molar-refractivity contribution is 7.91. The molecule has 1 aromatic carbocycles. The number of sulfone groups is 1. The highest BCUT2D eigenvalue weighted by Gasteiger charge is 2.26. The maximum absolute atomic E-state index is 13.0. The largest absolute Gasteiger partial charge is 0.316 e. The summed E-state index contributed by atoms with van der Waals surface area (Å²) in [6.45, 7) is 2.69. The molecule has 1 saturated heterocycles. The summed E-state index contributed by atoms with van der Waals surface area (Å²) in [5.41, 5.74) is 0.815. The van der Waals surface area contributed by atoms with Crippen molar-refractivity contribution in [3.63, 3.8) is 0 Å². The molecule has 0 saturated carbocycles. The number of benzene rings is 1. The maximum Gasteiger partial charge on any atom is 0.226 e. The van der Waals surface area contributed by atoms with Crippen molar-refractivity contribution in [1.29, 1.82) is 0 Å². The molecule has 1 atom stereocenters. The summed E-state index contributed by atoms with van der Waals surface area (Å²) >= 11 is 0. The maximum atomic E-state index is 13.0. The summed E-state index contributed by atoms with van der Waals surface area (Å²) in [5.74, 6) is 0.456. The van der Waals surface area contributed by atoms with Crippen LogP contribution in [0.1, 0.15) is 12.8 Å². The van der Waals surface area contributed by atoms with E-state index in [0.29, 0.717) is 17.8 Å². The van der Waals surface area contributed by atoms with E-state index >= 15 is 0 Å². The van der Waals surface area contributed by atoms with Crippen molar-refractivity contribution in [2.24, 2.45) is 5.92 Å². The lowest BCUT2D eigenvalue weighted by Gasteiger charge is -2.22. The highest BCUT2D eigenvalue weighted by atomic mass is 32.2. The standard InChI is InChI=1S/C18H20N4O2S/c23-25(24,15-6-2-1-3-7-15)18-16-12-20-10-8-17(16)22(21-18)13-14-5-4-9-19-11-14/h1-3,6-8,10,12,14,19H,4-5,9,11,13H2/t14-/m0/s1. The van der Waals surface area contributed by atoms with Crippen molar-refractivity contribution in [2.45, 2.75) is 29.3 Å². The van der Waals surface area contributed by atoms with Crippen molar-refractivity contribution in [3.8, 4) is 0 Å². The lowest BCUT2D eigenvalue weighted by molar-refractivity contribution is 0.327. The Labute approximate surface area is 146 Å². The zero-order chi connectivity index (χ0) is 17.3. The van der Waals surface area contributed by atoms with Gasteiger partial charge < -0.3 is 5.32 Å². The SMILES string of the molecule is O=S(=O)(c1ccccc1)c1nn(C[C@H]2CCCNC2)c2ccncc12. The number of hydrogen-bond donors (Lipinski definition) is 1. The van der Waals surface area contributed by atoms with Gasteiger partial charge in [-0.05, 0) is 50.0 Å². The van der Waals surface area contributed by atoms with Crippen molar-refractivity contribution in [2.75, 3.05) is 13.1 Å². The molecule has 0 radical (unpaired) electrons. The van der Waals surface area contributed by atoms with E-state index in [0.717, 1.165) is 31.4 Å². The molecule has 1 aliphatic rings. The second-order valence-electron chi connectivity index (χ2n) is 6.41. The molecule has 130 valence electrons. The number of piperidine rings is 1. The van der Waals surface area contributed by atoms with Crippen LogP contribution < -0.4 is 5.32 Å². The van der Waals surface area contributed by atoms with Gasteiger partial charge in [-0.1, -0.05) is 18.2 Å². The summed E-state index contributed by atoms with van der Waals surface area (Å²) in [4.78, 5) is 4.37. The average molecular weight is 356 g/mol. The fourth-order valence-corrected chi connectivity index (χ4v) is 4.76. The first-order valence-electron chi connectivity index (χ1n) is 8.47. The van der Waals surface area contributed by atoms with E-state index in [4.69, 9.17) is 0 Å². The van der Waals surface area contributed by atoms with Gasteiger partial charge in [0.1, 0.15) is 0 Å². The van der Waals surface area contributed by atoms with E-state index in [-0.39, 0.29) is 9.92 Å². The first kappa shape index (κ1) is 16.2. The van der Waals surface area contributed by atoms with Crippen LogP contribution in [0.2, 0.25) is 0 Å². The number of fused-ring (bicyclic) bond motifs is 1. The molecule has 0 unspecified atom stereocenters. The molecule has 2 aromatic heterocycles. The molecule has 0 bridgehead atoms. The zero-order valence-electron chi connectivity index (χ0n) is 13.8. The van der Waals surface area contributed by atoms with E-state index < -0.39 is 9.84 Å². The van der Waals surface area contributed by atoms with Gasteiger partial charge in [-0.15, -0.1) is 0 Å². The van der Waals surface area contributed by atoms with Crippen LogP contribution >= 0.6 is 0 Å². The predicted octanol–water partition coefficient (Wildman–Crippen LogP) is 2.26. The fourth-order valence-electron chi connectivity index (χ4n) is 3.37. The predicted molar refractivity (Wildman–Crippen MR) is 95.0 cm³/mol. The van der Waals surface area contributed by atoms with Crippen LogP contribution in [0.4, 0.5) is 0 Å². The van der Waals surface area contributed by atoms with Gasteiger partial charge in [0.05, 0.1) is 15.8 Å². The van der Waals surface area contributed by atoms with Crippen LogP contribution in [0, 0.1) is 5.92 Å². The van der Waals surface area contributed by atoms with Gasteiger partial charge in [0.15, 0.2) is 5.03 Å². The summed E-state index contributed by atoms with van der Waals surface area (Å²) in [5, 5.41) is 8.55.